The third kappa shape index (κ3) is 3.42. The molecule has 124 valence electrons. The van der Waals surface area contributed by atoms with Crippen molar-refractivity contribution in [1.29, 1.82) is 0 Å². The van der Waals surface area contributed by atoms with Crippen LogP contribution in [0, 0.1) is 17.8 Å². The molecule has 3 aliphatic carbocycles. The van der Waals surface area contributed by atoms with Crippen LogP contribution in [-0.2, 0) is 9.84 Å². The van der Waals surface area contributed by atoms with Gasteiger partial charge in [-0.05, 0) is 56.3 Å². The molecule has 22 heavy (non-hydrogen) atoms. The maximum absolute atomic E-state index is 11.6. The molecule has 4 rings (SSSR count). The number of rotatable bonds is 4. The molecule has 3 saturated carbocycles. The highest BCUT2D eigenvalue weighted by atomic mass is 32.2. The van der Waals surface area contributed by atoms with Crippen LogP contribution in [0.5, 0.6) is 0 Å². The van der Waals surface area contributed by atoms with Gasteiger partial charge in [-0.15, -0.1) is 0 Å². The maximum Gasteiger partial charge on any atom is 0.191 e. The van der Waals surface area contributed by atoms with Crippen LogP contribution in [0.2, 0.25) is 0 Å². The van der Waals surface area contributed by atoms with Gasteiger partial charge in [-0.2, -0.15) is 0 Å². The van der Waals surface area contributed by atoms with E-state index in [-0.39, 0.29) is 5.92 Å². The standard InChI is InChI=1S/C16H27N3O2S/c20-22(21)6-5-12(10-22)9-17-16(18-14-3-4-14)19-15-8-11-1-2-13(15)7-11/h11-15H,1-10H2,(H2,17,18,19). The van der Waals surface area contributed by atoms with Gasteiger partial charge < -0.3 is 10.6 Å². The van der Waals surface area contributed by atoms with E-state index in [0.717, 1.165) is 24.2 Å². The van der Waals surface area contributed by atoms with E-state index in [4.69, 9.17) is 4.99 Å². The molecule has 6 heteroatoms. The zero-order valence-electron chi connectivity index (χ0n) is 13.1. The number of hydrogen-bond acceptors (Lipinski definition) is 3. The summed E-state index contributed by atoms with van der Waals surface area (Å²) in [5.74, 6) is 3.56. The van der Waals surface area contributed by atoms with Crippen molar-refractivity contribution in [3.63, 3.8) is 0 Å². The summed E-state index contributed by atoms with van der Waals surface area (Å²) >= 11 is 0. The van der Waals surface area contributed by atoms with Crippen LogP contribution in [0.15, 0.2) is 4.99 Å². The number of fused-ring (bicyclic) bond motifs is 2. The molecule has 2 bridgehead atoms. The molecular weight excluding hydrogens is 298 g/mol. The van der Waals surface area contributed by atoms with Crippen LogP contribution >= 0.6 is 0 Å². The Morgan fingerprint density at radius 1 is 1.05 bits per heavy atom. The Labute approximate surface area is 133 Å². The second-order valence-electron chi connectivity index (χ2n) is 7.80. The Balaban J connectivity index is 1.36. The minimum Gasteiger partial charge on any atom is -0.354 e. The van der Waals surface area contributed by atoms with Gasteiger partial charge in [-0.3, -0.25) is 4.99 Å². The fourth-order valence-electron chi connectivity index (χ4n) is 4.39. The summed E-state index contributed by atoms with van der Waals surface area (Å²) in [6, 6.07) is 1.16. The normalized spacial score (nSPS) is 40.1. The van der Waals surface area contributed by atoms with Gasteiger partial charge in [0.1, 0.15) is 0 Å². The van der Waals surface area contributed by atoms with Gasteiger partial charge in [0.05, 0.1) is 11.5 Å². The fraction of sp³-hybridized carbons (Fsp3) is 0.938. The van der Waals surface area contributed by atoms with Crippen molar-refractivity contribution in [2.24, 2.45) is 22.7 Å². The molecule has 0 spiro atoms. The molecule has 0 aromatic carbocycles. The summed E-state index contributed by atoms with van der Waals surface area (Å²) in [6.07, 6.45) is 8.68. The quantitative estimate of drug-likeness (QED) is 0.604. The molecule has 1 heterocycles. The van der Waals surface area contributed by atoms with Crippen molar-refractivity contribution in [1.82, 2.24) is 10.6 Å². The van der Waals surface area contributed by atoms with Crippen molar-refractivity contribution >= 4 is 15.8 Å². The zero-order chi connectivity index (χ0) is 15.2. The van der Waals surface area contributed by atoms with Crippen LogP contribution in [-0.4, -0.2) is 44.5 Å². The highest BCUT2D eigenvalue weighted by Gasteiger charge is 2.40. The minimum absolute atomic E-state index is 0.211. The third-order valence-electron chi connectivity index (χ3n) is 5.81. The molecule has 5 nitrogen and oxygen atoms in total. The van der Waals surface area contributed by atoms with Crippen LogP contribution in [0.4, 0.5) is 0 Å². The van der Waals surface area contributed by atoms with Gasteiger partial charge in [-0.25, -0.2) is 8.42 Å². The van der Waals surface area contributed by atoms with Crippen molar-refractivity contribution in [3.05, 3.63) is 0 Å². The largest absolute Gasteiger partial charge is 0.354 e. The van der Waals surface area contributed by atoms with Crippen LogP contribution in [0.3, 0.4) is 0 Å². The van der Waals surface area contributed by atoms with Gasteiger partial charge in [0, 0.05) is 18.6 Å². The van der Waals surface area contributed by atoms with Crippen molar-refractivity contribution in [2.45, 2.75) is 57.0 Å². The summed E-state index contributed by atoms with van der Waals surface area (Å²) in [5, 5.41) is 7.16. The van der Waals surface area contributed by atoms with Crippen LogP contribution in [0.25, 0.3) is 0 Å². The maximum atomic E-state index is 11.6. The molecule has 1 aliphatic heterocycles. The molecule has 4 atom stereocenters. The smallest absolute Gasteiger partial charge is 0.191 e. The number of hydrogen-bond donors (Lipinski definition) is 2. The highest BCUT2D eigenvalue weighted by molar-refractivity contribution is 7.91. The lowest BCUT2D eigenvalue weighted by Crippen LogP contribution is -2.46. The third-order valence-corrected chi connectivity index (χ3v) is 7.65. The Hall–Kier alpha value is -0.780. The summed E-state index contributed by atoms with van der Waals surface area (Å²) in [6.45, 7) is 0.641. The van der Waals surface area contributed by atoms with E-state index in [0.29, 0.717) is 30.1 Å². The first kappa shape index (κ1) is 14.8. The molecular formula is C16H27N3O2S. The van der Waals surface area contributed by atoms with E-state index in [1.54, 1.807) is 0 Å². The first-order valence-electron chi connectivity index (χ1n) is 8.85. The average molecular weight is 325 g/mol. The van der Waals surface area contributed by atoms with Crippen molar-refractivity contribution in [2.75, 3.05) is 18.1 Å². The van der Waals surface area contributed by atoms with Gasteiger partial charge in [0.25, 0.3) is 0 Å². The second kappa shape index (κ2) is 5.69. The molecule has 1 saturated heterocycles. The summed E-state index contributed by atoms with van der Waals surface area (Å²) < 4.78 is 23.1. The van der Waals surface area contributed by atoms with Gasteiger partial charge in [0.2, 0.25) is 0 Å². The molecule has 0 aromatic rings. The summed E-state index contributed by atoms with van der Waals surface area (Å²) in [4.78, 5) is 4.73. The van der Waals surface area contributed by atoms with E-state index < -0.39 is 9.84 Å². The lowest BCUT2D eigenvalue weighted by molar-refractivity contribution is 0.386. The monoisotopic (exact) mass is 325 g/mol. The number of nitrogens with zero attached hydrogens (tertiary/aromatic N) is 1. The minimum atomic E-state index is -2.79. The molecule has 0 amide bonds. The van der Waals surface area contributed by atoms with E-state index in [2.05, 4.69) is 10.6 Å². The summed E-state index contributed by atoms with van der Waals surface area (Å²) in [5.41, 5.74) is 0. The van der Waals surface area contributed by atoms with Crippen LogP contribution < -0.4 is 10.6 Å². The van der Waals surface area contributed by atoms with E-state index in [1.165, 1.54) is 38.5 Å². The number of sulfone groups is 1. The fourth-order valence-corrected chi connectivity index (χ4v) is 6.24. The van der Waals surface area contributed by atoms with E-state index in [1.807, 2.05) is 0 Å². The SMILES string of the molecule is O=S1(=O)CCC(CN=C(NC2CC2)NC2CC3CCC2C3)C1. The number of guanidine groups is 1. The van der Waals surface area contributed by atoms with Gasteiger partial charge >= 0.3 is 0 Å². The molecule has 2 N–H and O–H groups in total. The topological polar surface area (TPSA) is 70.6 Å². The van der Waals surface area contributed by atoms with Gasteiger partial charge in [-0.1, -0.05) is 6.42 Å². The Morgan fingerprint density at radius 2 is 1.91 bits per heavy atom. The average Bonchev–Trinajstić information content (AvgIpc) is 2.90. The van der Waals surface area contributed by atoms with E-state index >= 15 is 0 Å². The predicted molar refractivity (Wildman–Crippen MR) is 87.6 cm³/mol. The Morgan fingerprint density at radius 3 is 2.50 bits per heavy atom. The zero-order valence-corrected chi connectivity index (χ0v) is 13.9. The molecule has 0 radical (unpaired) electrons. The molecule has 4 aliphatic rings. The second-order valence-corrected chi connectivity index (χ2v) is 10.0. The van der Waals surface area contributed by atoms with Crippen molar-refractivity contribution in [3.8, 4) is 0 Å². The van der Waals surface area contributed by atoms with Crippen LogP contribution in [0.1, 0.15) is 44.9 Å². The molecule has 0 aromatic heterocycles. The Bertz CT molecular complexity index is 556. The van der Waals surface area contributed by atoms with E-state index in [9.17, 15) is 8.42 Å². The number of aliphatic imine (C=N–C) groups is 1. The van der Waals surface area contributed by atoms with Gasteiger partial charge in [0.15, 0.2) is 15.8 Å². The molecule has 4 unspecified atom stereocenters. The molecule has 4 fully saturated rings. The lowest BCUT2D eigenvalue weighted by Gasteiger charge is -2.25. The lowest BCUT2D eigenvalue weighted by atomic mass is 9.95. The predicted octanol–water partition coefficient (Wildman–Crippen LogP) is 1.31. The first-order chi connectivity index (χ1) is 10.6. The first-order valence-corrected chi connectivity index (χ1v) is 10.7. The highest BCUT2D eigenvalue weighted by Crippen LogP contribution is 2.44. The number of nitrogens with one attached hydrogen (secondary N) is 2. The van der Waals surface area contributed by atoms with Crippen molar-refractivity contribution < 1.29 is 8.42 Å². The summed E-state index contributed by atoms with van der Waals surface area (Å²) in [7, 11) is -2.79. The Kier molecular flexibility index (Phi) is 3.83.